The van der Waals surface area contributed by atoms with E-state index in [4.69, 9.17) is 0 Å². The van der Waals surface area contributed by atoms with Crippen molar-refractivity contribution in [3.05, 3.63) is 47.0 Å². The zero-order valence-electron chi connectivity index (χ0n) is 9.74. The van der Waals surface area contributed by atoms with Crippen molar-refractivity contribution >= 4 is 15.9 Å². The van der Waals surface area contributed by atoms with Crippen LogP contribution in [0.4, 0.5) is 0 Å². The Kier molecular flexibility index (Phi) is 2.89. The van der Waals surface area contributed by atoms with E-state index in [-0.39, 0.29) is 5.41 Å². The van der Waals surface area contributed by atoms with E-state index >= 15 is 0 Å². The molecule has 0 saturated carbocycles. The second-order valence-corrected chi connectivity index (χ2v) is 5.71. The topological polar surface area (TPSA) is 17.8 Å². The van der Waals surface area contributed by atoms with Crippen LogP contribution in [-0.4, -0.2) is 9.55 Å². The number of hydrogen-bond acceptors (Lipinski definition) is 1. The molecule has 2 nitrogen and oxygen atoms in total. The summed E-state index contributed by atoms with van der Waals surface area (Å²) in [5.41, 5.74) is 2.68. The maximum atomic E-state index is 4.14. The lowest BCUT2D eigenvalue weighted by molar-refractivity contribution is 0.590. The summed E-state index contributed by atoms with van der Waals surface area (Å²) in [7, 11) is 0. The van der Waals surface area contributed by atoms with Crippen LogP contribution in [0.15, 0.2) is 41.4 Å². The Morgan fingerprint density at radius 2 is 1.75 bits per heavy atom. The third kappa shape index (κ3) is 2.35. The molecule has 2 aromatic rings. The SMILES string of the molecule is CC(C)(C)c1ccc(-n2cnc(Br)c2)cc1. The molecule has 1 aromatic heterocycles. The minimum absolute atomic E-state index is 0.202. The van der Waals surface area contributed by atoms with Gasteiger partial charge in [-0.1, -0.05) is 32.9 Å². The molecule has 0 atom stereocenters. The molecule has 16 heavy (non-hydrogen) atoms. The summed E-state index contributed by atoms with van der Waals surface area (Å²) < 4.78 is 2.85. The second-order valence-electron chi connectivity index (χ2n) is 4.90. The van der Waals surface area contributed by atoms with E-state index < -0.39 is 0 Å². The molecule has 0 N–H and O–H groups in total. The van der Waals surface area contributed by atoms with Gasteiger partial charge in [0.25, 0.3) is 0 Å². The molecule has 1 aromatic carbocycles. The number of aromatic nitrogens is 2. The van der Waals surface area contributed by atoms with E-state index in [1.807, 2.05) is 10.8 Å². The fourth-order valence-corrected chi connectivity index (χ4v) is 1.89. The molecule has 84 valence electrons. The van der Waals surface area contributed by atoms with Gasteiger partial charge in [0.1, 0.15) is 10.9 Å². The predicted octanol–water partition coefficient (Wildman–Crippen LogP) is 3.93. The van der Waals surface area contributed by atoms with Crippen molar-refractivity contribution < 1.29 is 0 Å². The highest BCUT2D eigenvalue weighted by molar-refractivity contribution is 9.10. The number of nitrogens with zero attached hydrogens (tertiary/aromatic N) is 2. The van der Waals surface area contributed by atoms with Gasteiger partial charge in [0.05, 0.1) is 0 Å². The van der Waals surface area contributed by atoms with E-state index in [1.54, 1.807) is 6.33 Å². The largest absolute Gasteiger partial charge is 0.305 e. The number of benzene rings is 1. The van der Waals surface area contributed by atoms with E-state index in [9.17, 15) is 0 Å². The molecular weight excluding hydrogens is 264 g/mol. The lowest BCUT2D eigenvalue weighted by atomic mass is 9.87. The van der Waals surface area contributed by atoms with Gasteiger partial charge >= 0.3 is 0 Å². The fraction of sp³-hybridized carbons (Fsp3) is 0.308. The number of rotatable bonds is 1. The average molecular weight is 279 g/mol. The quantitative estimate of drug-likeness (QED) is 0.773. The van der Waals surface area contributed by atoms with Crippen molar-refractivity contribution in [3.63, 3.8) is 0 Å². The maximum absolute atomic E-state index is 4.14. The first kappa shape index (κ1) is 11.4. The van der Waals surface area contributed by atoms with Crippen molar-refractivity contribution in [2.45, 2.75) is 26.2 Å². The molecule has 0 bridgehead atoms. The molecule has 0 spiro atoms. The Labute approximate surface area is 104 Å². The summed E-state index contributed by atoms with van der Waals surface area (Å²) in [6, 6.07) is 8.58. The monoisotopic (exact) mass is 278 g/mol. The van der Waals surface area contributed by atoms with Crippen LogP contribution < -0.4 is 0 Å². The number of halogens is 1. The molecule has 0 aliphatic heterocycles. The molecule has 2 rings (SSSR count). The first-order chi connectivity index (χ1) is 7.47. The summed E-state index contributed by atoms with van der Waals surface area (Å²) >= 11 is 3.34. The highest BCUT2D eigenvalue weighted by atomic mass is 79.9. The molecule has 0 aliphatic carbocycles. The van der Waals surface area contributed by atoms with Gasteiger partial charge in [0.15, 0.2) is 0 Å². The van der Waals surface area contributed by atoms with Gasteiger partial charge in [-0.3, -0.25) is 0 Å². The summed E-state index contributed by atoms with van der Waals surface area (Å²) in [5, 5.41) is 0. The van der Waals surface area contributed by atoms with Gasteiger partial charge in [-0.25, -0.2) is 4.98 Å². The van der Waals surface area contributed by atoms with Crippen molar-refractivity contribution in [1.29, 1.82) is 0 Å². The Hall–Kier alpha value is -1.09. The van der Waals surface area contributed by atoms with Gasteiger partial charge < -0.3 is 4.57 Å². The van der Waals surface area contributed by atoms with Crippen LogP contribution in [0.5, 0.6) is 0 Å². The predicted molar refractivity (Wildman–Crippen MR) is 70.0 cm³/mol. The highest BCUT2D eigenvalue weighted by Gasteiger charge is 2.12. The zero-order chi connectivity index (χ0) is 11.8. The molecule has 0 radical (unpaired) electrons. The number of hydrogen-bond donors (Lipinski definition) is 0. The van der Waals surface area contributed by atoms with E-state index in [1.165, 1.54) is 5.56 Å². The normalized spacial score (nSPS) is 11.8. The van der Waals surface area contributed by atoms with Gasteiger partial charge in [0, 0.05) is 11.9 Å². The molecule has 0 fully saturated rings. The smallest absolute Gasteiger partial charge is 0.124 e. The molecule has 0 aliphatic rings. The minimum atomic E-state index is 0.202. The Bertz CT molecular complexity index is 477. The minimum Gasteiger partial charge on any atom is -0.305 e. The van der Waals surface area contributed by atoms with Crippen LogP contribution in [0.1, 0.15) is 26.3 Å². The van der Waals surface area contributed by atoms with Crippen LogP contribution in [0.3, 0.4) is 0 Å². The van der Waals surface area contributed by atoms with Gasteiger partial charge in [0.2, 0.25) is 0 Å². The standard InChI is InChI=1S/C13H15BrN2/c1-13(2,3)10-4-6-11(7-5-10)16-8-12(14)15-9-16/h4-9H,1-3H3. The van der Waals surface area contributed by atoms with E-state index in [0.29, 0.717) is 0 Å². The Morgan fingerprint density at radius 1 is 1.12 bits per heavy atom. The van der Waals surface area contributed by atoms with Crippen molar-refractivity contribution in [2.24, 2.45) is 0 Å². The molecule has 0 unspecified atom stereocenters. The molecular formula is C13H15BrN2. The van der Waals surface area contributed by atoms with Crippen molar-refractivity contribution in [3.8, 4) is 5.69 Å². The van der Waals surface area contributed by atoms with Crippen LogP contribution in [0, 0.1) is 0 Å². The van der Waals surface area contributed by atoms with Crippen LogP contribution >= 0.6 is 15.9 Å². The summed E-state index contributed by atoms with van der Waals surface area (Å²) in [6.45, 7) is 6.65. The summed E-state index contributed by atoms with van der Waals surface area (Å²) in [4.78, 5) is 4.14. The van der Waals surface area contributed by atoms with E-state index in [0.717, 1.165) is 10.3 Å². The van der Waals surface area contributed by atoms with Crippen LogP contribution in [-0.2, 0) is 5.41 Å². The summed E-state index contributed by atoms with van der Waals surface area (Å²) in [6.07, 6.45) is 3.75. The second kappa shape index (κ2) is 4.06. The first-order valence-corrected chi connectivity index (χ1v) is 6.06. The van der Waals surface area contributed by atoms with Crippen molar-refractivity contribution in [1.82, 2.24) is 9.55 Å². The van der Waals surface area contributed by atoms with E-state index in [2.05, 4.69) is 66.0 Å². The van der Waals surface area contributed by atoms with Gasteiger partial charge in [-0.2, -0.15) is 0 Å². The summed E-state index contributed by atoms with van der Waals surface area (Å²) in [5.74, 6) is 0. The zero-order valence-corrected chi connectivity index (χ0v) is 11.3. The maximum Gasteiger partial charge on any atom is 0.124 e. The molecule has 1 heterocycles. The average Bonchev–Trinajstić information content (AvgIpc) is 2.64. The molecule has 0 saturated heterocycles. The Balaban J connectivity index is 2.33. The fourth-order valence-electron chi connectivity index (χ4n) is 1.57. The first-order valence-electron chi connectivity index (χ1n) is 5.27. The third-order valence-corrected chi connectivity index (χ3v) is 2.99. The molecule has 3 heteroatoms. The van der Waals surface area contributed by atoms with Gasteiger partial charge in [-0.15, -0.1) is 0 Å². The van der Waals surface area contributed by atoms with Crippen LogP contribution in [0.2, 0.25) is 0 Å². The molecule has 0 amide bonds. The van der Waals surface area contributed by atoms with Crippen LogP contribution in [0.25, 0.3) is 5.69 Å². The van der Waals surface area contributed by atoms with Crippen molar-refractivity contribution in [2.75, 3.05) is 0 Å². The third-order valence-electron chi connectivity index (χ3n) is 2.58. The highest BCUT2D eigenvalue weighted by Crippen LogP contribution is 2.23. The lowest BCUT2D eigenvalue weighted by Gasteiger charge is -2.19. The van der Waals surface area contributed by atoms with Gasteiger partial charge in [-0.05, 0) is 39.0 Å². The lowest BCUT2D eigenvalue weighted by Crippen LogP contribution is -2.10. The Morgan fingerprint density at radius 3 is 2.19 bits per heavy atom. The number of imidazole rings is 1.